The molecule has 4 aromatic rings. The molecule has 0 spiro atoms. The molecule has 1 fully saturated rings. The molecule has 0 amide bonds. The van der Waals surface area contributed by atoms with E-state index in [9.17, 15) is 18.0 Å². The van der Waals surface area contributed by atoms with Crippen molar-refractivity contribution in [3.8, 4) is 5.69 Å². The van der Waals surface area contributed by atoms with E-state index >= 15 is 0 Å². The quantitative estimate of drug-likeness (QED) is 0.446. The molecule has 0 saturated carbocycles. The Labute approximate surface area is 187 Å². The van der Waals surface area contributed by atoms with Gasteiger partial charge < -0.3 is 10.1 Å². The number of carbonyl (C=O) groups excluding carboxylic acids is 1. The van der Waals surface area contributed by atoms with Gasteiger partial charge in [-0.1, -0.05) is 6.07 Å². The maximum atomic E-state index is 14.8. The van der Waals surface area contributed by atoms with E-state index in [2.05, 4.69) is 15.3 Å². The Hall–Kier alpha value is -3.72. The highest BCUT2D eigenvalue weighted by molar-refractivity contribution is 6.10. The van der Waals surface area contributed by atoms with Crippen LogP contribution >= 0.6 is 0 Å². The van der Waals surface area contributed by atoms with Crippen LogP contribution in [-0.4, -0.2) is 39.6 Å². The molecule has 0 unspecified atom stereocenters. The second kappa shape index (κ2) is 8.67. The third-order valence-corrected chi connectivity index (χ3v) is 5.60. The van der Waals surface area contributed by atoms with E-state index in [0.717, 1.165) is 41.7 Å². The second-order valence-electron chi connectivity index (χ2n) is 7.77. The van der Waals surface area contributed by atoms with E-state index in [1.165, 1.54) is 30.5 Å². The van der Waals surface area contributed by atoms with Crippen LogP contribution in [0, 0.1) is 17.5 Å². The minimum Gasteiger partial charge on any atom is -0.381 e. The zero-order valence-electron chi connectivity index (χ0n) is 17.4. The summed E-state index contributed by atoms with van der Waals surface area (Å²) < 4.78 is 49.5. The van der Waals surface area contributed by atoms with Crippen molar-refractivity contribution >= 4 is 22.8 Å². The fourth-order valence-corrected chi connectivity index (χ4v) is 3.93. The van der Waals surface area contributed by atoms with Crippen LogP contribution in [0.3, 0.4) is 0 Å². The van der Waals surface area contributed by atoms with Crippen molar-refractivity contribution in [1.29, 1.82) is 0 Å². The average Bonchev–Trinajstić information content (AvgIpc) is 3.18. The van der Waals surface area contributed by atoms with Gasteiger partial charge in [-0.25, -0.2) is 18.2 Å². The number of nitrogens with one attached hydrogen (secondary N) is 1. The van der Waals surface area contributed by atoms with E-state index in [1.807, 2.05) is 0 Å². The van der Waals surface area contributed by atoms with Crippen molar-refractivity contribution in [2.24, 2.45) is 0 Å². The molecule has 33 heavy (non-hydrogen) atoms. The van der Waals surface area contributed by atoms with Crippen LogP contribution in [0.1, 0.15) is 28.9 Å². The second-order valence-corrected chi connectivity index (χ2v) is 7.77. The highest BCUT2D eigenvalue weighted by atomic mass is 19.1. The average molecular weight is 452 g/mol. The molecule has 2 aromatic heterocycles. The standard InChI is InChI=1S/C24H19F3N4O2/c25-16-6-4-14(5-7-16)22(32)20-12-15-13-28-24(29-17-8-10-33-11-9-17)30-23(15)31(20)21-18(26)2-1-3-19(21)27/h1-7,12-13,17H,8-11H2,(H,28,29,30). The molecule has 0 bridgehead atoms. The number of halogens is 3. The number of fused-ring (bicyclic) bond motifs is 1. The van der Waals surface area contributed by atoms with Gasteiger partial charge in [0.05, 0.1) is 5.69 Å². The van der Waals surface area contributed by atoms with Gasteiger partial charge in [-0.05, 0) is 55.3 Å². The monoisotopic (exact) mass is 452 g/mol. The molecule has 0 radical (unpaired) electrons. The molecule has 1 aliphatic rings. The fraction of sp³-hybridized carbons (Fsp3) is 0.208. The molecule has 5 rings (SSSR count). The SMILES string of the molecule is O=C(c1ccc(F)cc1)c1cc2cnc(NC3CCOCC3)nc2n1-c1c(F)cccc1F. The van der Waals surface area contributed by atoms with Crippen LogP contribution < -0.4 is 5.32 Å². The molecule has 3 heterocycles. The predicted octanol–water partition coefficient (Wildman–Crippen LogP) is 4.66. The van der Waals surface area contributed by atoms with Gasteiger partial charge in [0.1, 0.15) is 23.1 Å². The Morgan fingerprint density at radius 3 is 2.42 bits per heavy atom. The zero-order chi connectivity index (χ0) is 22.9. The van der Waals surface area contributed by atoms with Crippen molar-refractivity contribution in [3.63, 3.8) is 0 Å². The van der Waals surface area contributed by atoms with E-state index < -0.39 is 28.9 Å². The minimum atomic E-state index is -0.849. The normalized spacial score (nSPS) is 14.5. The van der Waals surface area contributed by atoms with Gasteiger partial charge in [-0.15, -0.1) is 0 Å². The molecule has 2 aromatic carbocycles. The van der Waals surface area contributed by atoms with Gasteiger partial charge in [0.2, 0.25) is 11.7 Å². The first-order valence-electron chi connectivity index (χ1n) is 10.5. The molecule has 9 heteroatoms. The Bertz CT molecular complexity index is 1310. The highest BCUT2D eigenvalue weighted by Gasteiger charge is 2.24. The lowest BCUT2D eigenvalue weighted by Crippen LogP contribution is -2.28. The third-order valence-electron chi connectivity index (χ3n) is 5.60. The van der Waals surface area contributed by atoms with Crippen molar-refractivity contribution in [2.75, 3.05) is 18.5 Å². The van der Waals surface area contributed by atoms with Gasteiger partial charge in [-0.3, -0.25) is 9.36 Å². The summed E-state index contributed by atoms with van der Waals surface area (Å²) >= 11 is 0. The molecular weight excluding hydrogens is 433 g/mol. The number of para-hydroxylation sites is 1. The number of carbonyl (C=O) groups is 1. The summed E-state index contributed by atoms with van der Waals surface area (Å²) in [4.78, 5) is 22.1. The molecule has 1 saturated heterocycles. The summed E-state index contributed by atoms with van der Waals surface area (Å²) in [6, 6.07) is 9.99. The smallest absolute Gasteiger partial charge is 0.224 e. The predicted molar refractivity (Wildman–Crippen MR) is 116 cm³/mol. The van der Waals surface area contributed by atoms with Gasteiger partial charge in [0, 0.05) is 36.4 Å². The lowest BCUT2D eigenvalue weighted by molar-refractivity contribution is 0.0903. The lowest BCUT2D eigenvalue weighted by atomic mass is 10.1. The lowest BCUT2D eigenvalue weighted by Gasteiger charge is -2.23. The number of ketones is 1. The molecule has 6 nitrogen and oxygen atoms in total. The van der Waals surface area contributed by atoms with E-state index in [4.69, 9.17) is 4.74 Å². The largest absolute Gasteiger partial charge is 0.381 e. The Balaban J connectivity index is 1.67. The van der Waals surface area contributed by atoms with Crippen molar-refractivity contribution in [2.45, 2.75) is 18.9 Å². The van der Waals surface area contributed by atoms with Crippen LogP contribution in [0.2, 0.25) is 0 Å². The van der Waals surface area contributed by atoms with Gasteiger partial charge in [0.15, 0.2) is 5.65 Å². The fourth-order valence-electron chi connectivity index (χ4n) is 3.93. The molecule has 1 aliphatic heterocycles. The summed E-state index contributed by atoms with van der Waals surface area (Å²) in [5.41, 5.74) is -0.0912. The van der Waals surface area contributed by atoms with E-state index in [-0.39, 0.29) is 28.9 Å². The first-order chi connectivity index (χ1) is 16.0. The van der Waals surface area contributed by atoms with Gasteiger partial charge in [-0.2, -0.15) is 4.98 Å². The van der Waals surface area contributed by atoms with Gasteiger partial charge >= 0.3 is 0 Å². The molecule has 168 valence electrons. The maximum absolute atomic E-state index is 14.8. The number of aromatic nitrogens is 3. The van der Waals surface area contributed by atoms with Crippen molar-refractivity contribution in [1.82, 2.24) is 14.5 Å². The number of ether oxygens (including phenoxy) is 1. The number of hydrogen-bond donors (Lipinski definition) is 1. The first kappa shape index (κ1) is 21.1. The minimum absolute atomic E-state index is 0.0156. The first-order valence-corrected chi connectivity index (χ1v) is 10.5. The molecule has 0 atom stereocenters. The summed E-state index contributed by atoms with van der Waals surface area (Å²) in [7, 11) is 0. The topological polar surface area (TPSA) is 69.0 Å². The summed E-state index contributed by atoms with van der Waals surface area (Å²) in [5, 5.41) is 3.66. The number of benzene rings is 2. The van der Waals surface area contributed by atoms with Gasteiger partial charge in [0.25, 0.3) is 0 Å². The van der Waals surface area contributed by atoms with Crippen LogP contribution in [0.5, 0.6) is 0 Å². The summed E-state index contributed by atoms with van der Waals surface area (Å²) in [5.74, 6) is -2.45. The Morgan fingerprint density at radius 1 is 1.03 bits per heavy atom. The van der Waals surface area contributed by atoms with Crippen LogP contribution in [0.25, 0.3) is 16.7 Å². The Morgan fingerprint density at radius 2 is 1.73 bits per heavy atom. The number of hydrogen-bond acceptors (Lipinski definition) is 5. The zero-order valence-corrected chi connectivity index (χ0v) is 17.4. The highest BCUT2D eigenvalue weighted by Crippen LogP contribution is 2.29. The molecule has 0 aliphatic carbocycles. The Kier molecular flexibility index (Phi) is 5.55. The van der Waals surface area contributed by atoms with Crippen LogP contribution in [0.15, 0.2) is 54.7 Å². The summed E-state index contributed by atoms with van der Waals surface area (Å²) in [6.07, 6.45) is 3.05. The molecular formula is C24H19F3N4O2. The van der Waals surface area contributed by atoms with Crippen LogP contribution in [-0.2, 0) is 4.74 Å². The van der Waals surface area contributed by atoms with Crippen LogP contribution in [0.4, 0.5) is 19.1 Å². The molecule has 1 N–H and O–H groups in total. The van der Waals surface area contributed by atoms with E-state index in [1.54, 1.807) is 0 Å². The third kappa shape index (κ3) is 4.07. The van der Waals surface area contributed by atoms with Crippen molar-refractivity contribution in [3.05, 3.63) is 83.4 Å². The van der Waals surface area contributed by atoms with E-state index in [0.29, 0.717) is 18.6 Å². The number of rotatable bonds is 5. The number of anilines is 1. The van der Waals surface area contributed by atoms with Crippen molar-refractivity contribution < 1.29 is 22.7 Å². The number of nitrogens with zero attached hydrogens (tertiary/aromatic N) is 3. The summed E-state index contributed by atoms with van der Waals surface area (Å²) in [6.45, 7) is 1.24. The maximum Gasteiger partial charge on any atom is 0.224 e.